The van der Waals surface area contributed by atoms with Crippen LogP contribution < -0.4 is 0 Å². The second-order valence-electron chi connectivity index (χ2n) is 2.92. The van der Waals surface area contributed by atoms with Gasteiger partial charge in [-0.2, -0.15) is 0 Å². The highest BCUT2D eigenvalue weighted by molar-refractivity contribution is 14.1. The molecule has 0 fully saturated rings. The fraction of sp³-hybridized carbons (Fsp3) is 0.167. The summed E-state index contributed by atoms with van der Waals surface area (Å²) in [5.41, 5.74) is 1.32. The van der Waals surface area contributed by atoms with Crippen LogP contribution in [0.4, 0.5) is 0 Å². The first-order chi connectivity index (χ1) is 6.27. The minimum absolute atomic E-state index is 0.412. The Hall–Kier alpha value is -0.570. The summed E-state index contributed by atoms with van der Waals surface area (Å²) >= 11 is 2.31. The van der Waals surface area contributed by atoms with Crippen molar-refractivity contribution in [3.05, 3.63) is 58.7 Å². The normalized spacial score (nSPS) is 12.1. The predicted octanol–water partition coefficient (Wildman–Crippen LogP) is 4.14. The third-order valence-electron chi connectivity index (χ3n) is 2.00. The van der Waals surface area contributed by atoms with Gasteiger partial charge in [0.2, 0.25) is 0 Å². The van der Waals surface area contributed by atoms with E-state index in [2.05, 4.69) is 60.0 Å². The fourth-order valence-electron chi connectivity index (χ4n) is 1.26. The summed E-state index contributed by atoms with van der Waals surface area (Å²) in [5.74, 6) is 0.412. The van der Waals surface area contributed by atoms with Crippen molar-refractivity contribution in [2.24, 2.45) is 0 Å². The Morgan fingerprint density at radius 1 is 1.23 bits per heavy atom. The summed E-state index contributed by atoms with van der Waals surface area (Å²) in [7, 11) is 0. The van der Waals surface area contributed by atoms with Crippen molar-refractivity contribution in [3.63, 3.8) is 0 Å². The zero-order chi connectivity index (χ0) is 9.68. The lowest BCUT2D eigenvalue weighted by atomic mass is 9.96. The average Bonchev–Trinajstić information content (AvgIpc) is 2.16. The molecule has 0 amide bonds. The van der Waals surface area contributed by atoms with Gasteiger partial charge in [-0.25, -0.2) is 0 Å². The van der Waals surface area contributed by atoms with E-state index in [-0.39, 0.29) is 0 Å². The van der Waals surface area contributed by atoms with Crippen molar-refractivity contribution < 1.29 is 0 Å². The summed E-state index contributed by atoms with van der Waals surface area (Å²) in [6.07, 6.45) is 4.87. The van der Waals surface area contributed by atoms with E-state index in [1.165, 1.54) is 9.13 Å². The van der Waals surface area contributed by atoms with E-state index in [0.717, 1.165) is 6.42 Å². The van der Waals surface area contributed by atoms with E-state index in [1.54, 1.807) is 0 Å². The molecule has 0 aliphatic heterocycles. The molecule has 0 saturated heterocycles. The molecule has 0 N–H and O–H groups in total. The molecule has 0 aliphatic rings. The first-order valence-electron chi connectivity index (χ1n) is 4.27. The van der Waals surface area contributed by atoms with Crippen LogP contribution in [-0.4, -0.2) is 0 Å². The maximum absolute atomic E-state index is 3.83. The Balaban J connectivity index is 2.84. The van der Waals surface area contributed by atoms with Crippen molar-refractivity contribution in [2.45, 2.75) is 12.3 Å². The molecular weight excluding hydrogens is 271 g/mol. The van der Waals surface area contributed by atoms with Gasteiger partial charge in [0.05, 0.1) is 0 Å². The standard InChI is InChI=1S/C12H13I/c1-3-5-10(4-2)11-6-8-12(13)9-7-11/h3-4,6-10H,1-2,5H2/t10-/m0/s1. The highest BCUT2D eigenvalue weighted by Gasteiger charge is 2.03. The van der Waals surface area contributed by atoms with Gasteiger partial charge in [0.1, 0.15) is 0 Å². The van der Waals surface area contributed by atoms with Crippen LogP contribution in [0.1, 0.15) is 17.9 Å². The second kappa shape index (κ2) is 5.22. The van der Waals surface area contributed by atoms with Gasteiger partial charge < -0.3 is 0 Å². The first kappa shape index (κ1) is 10.5. The minimum atomic E-state index is 0.412. The van der Waals surface area contributed by atoms with Gasteiger partial charge in [-0.15, -0.1) is 13.2 Å². The molecule has 0 aliphatic carbocycles. The Bertz CT molecular complexity index is 284. The Morgan fingerprint density at radius 3 is 2.31 bits per heavy atom. The maximum atomic E-state index is 3.83. The first-order valence-corrected chi connectivity index (χ1v) is 5.34. The lowest BCUT2D eigenvalue weighted by Gasteiger charge is -2.09. The average molecular weight is 284 g/mol. The van der Waals surface area contributed by atoms with Crippen LogP contribution in [0.15, 0.2) is 49.6 Å². The summed E-state index contributed by atoms with van der Waals surface area (Å²) in [5, 5.41) is 0. The number of hydrogen-bond donors (Lipinski definition) is 0. The molecule has 1 aromatic rings. The molecule has 1 atom stereocenters. The molecule has 0 aromatic heterocycles. The van der Waals surface area contributed by atoms with E-state index in [0.29, 0.717) is 5.92 Å². The summed E-state index contributed by atoms with van der Waals surface area (Å²) in [4.78, 5) is 0. The topological polar surface area (TPSA) is 0 Å². The van der Waals surface area contributed by atoms with Gasteiger partial charge in [0, 0.05) is 9.49 Å². The van der Waals surface area contributed by atoms with Gasteiger partial charge in [0.25, 0.3) is 0 Å². The Kier molecular flexibility index (Phi) is 4.22. The minimum Gasteiger partial charge on any atom is -0.103 e. The van der Waals surface area contributed by atoms with E-state index in [9.17, 15) is 0 Å². The molecule has 1 heteroatoms. The molecule has 68 valence electrons. The molecule has 0 saturated carbocycles. The molecule has 0 bridgehead atoms. The lowest BCUT2D eigenvalue weighted by Crippen LogP contribution is -1.92. The van der Waals surface area contributed by atoms with Crippen LogP contribution >= 0.6 is 22.6 Å². The summed E-state index contributed by atoms with van der Waals surface area (Å²) in [6, 6.07) is 8.54. The highest BCUT2D eigenvalue weighted by atomic mass is 127. The van der Waals surface area contributed by atoms with Gasteiger partial charge >= 0.3 is 0 Å². The number of benzene rings is 1. The van der Waals surface area contributed by atoms with E-state index in [1.807, 2.05) is 12.2 Å². The number of halogens is 1. The van der Waals surface area contributed by atoms with Gasteiger partial charge in [-0.3, -0.25) is 0 Å². The van der Waals surface area contributed by atoms with Crippen LogP contribution in [0.5, 0.6) is 0 Å². The Labute approximate surface area is 93.5 Å². The second-order valence-corrected chi connectivity index (χ2v) is 4.16. The van der Waals surface area contributed by atoms with Crippen molar-refractivity contribution in [1.82, 2.24) is 0 Å². The van der Waals surface area contributed by atoms with Crippen LogP contribution in [0, 0.1) is 3.57 Å². The maximum Gasteiger partial charge on any atom is 0.0130 e. The predicted molar refractivity (Wildman–Crippen MR) is 66.9 cm³/mol. The van der Waals surface area contributed by atoms with Crippen LogP contribution in [0.2, 0.25) is 0 Å². The van der Waals surface area contributed by atoms with Crippen molar-refractivity contribution in [2.75, 3.05) is 0 Å². The zero-order valence-electron chi connectivity index (χ0n) is 7.54. The SMILES string of the molecule is C=CC[C@H](C=C)c1ccc(I)cc1. The summed E-state index contributed by atoms with van der Waals surface area (Å²) < 4.78 is 1.27. The number of rotatable bonds is 4. The monoisotopic (exact) mass is 284 g/mol. The van der Waals surface area contributed by atoms with Gasteiger partial charge in [-0.05, 0) is 46.7 Å². The molecule has 0 radical (unpaired) electrons. The molecule has 1 rings (SSSR count). The molecule has 0 heterocycles. The molecule has 0 spiro atoms. The van der Waals surface area contributed by atoms with E-state index in [4.69, 9.17) is 0 Å². The van der Waals surface area contributed by atoms with Crippen LogP contribution in [0.25, 0.3) is 0 Å². The van der Waals surface area contributed by atoms with Crippen LogP contribution in [0.3, 0.4) is 0 Å². The number of hydrogen-bond acceptors (Lipinski definition) is 0. The molecule has 13 heavy (non-hydrogen) atoms. The third kappa shape index (κ3) is 2.99. The van der Waals surface area contributed by atoms with Gasteiger partial charge in [0.15, 0.2) is 0 Å². The smallest absolute Gasteiger partial charge is 0.0130 e. The largest absolute Gasteiger partial charge is 0.103 e. The quantitative estimate of drug-likeness (QED) is 0.576. The Morgan fingerprint density at radius 2 is 1.85 bits per heavy atom. The van der Waals surface area contributed by atoms with E-state index < -0.39 is 0 Å². The molecular formula is C12H13I. The molecule has 0 unspecified atom stereocenters. The highest BCUT2D eigenvalue weighted by Crippen LogP contribution is 2.21. The summed E-state index contributed by atoms with van der Waals surface area (Å²) in [6.45, 7) is 7.57. The molecule has 0 nitrogen and oxygen atoms in total. The van der Waals surface area contributed by atoms with E-state index >= 15 is 0 Å². The zero-order valence-corrected chi connectivity index (χ0v) is 9.70. The molecule has 1 aromatic carbocycles. The van der Waals surface area contributed by atoms with Crippen LogP contribution in [-0.2, 0) is 0 Å². The number of allylic oxidation sites excluding steroid dienone is 2. The van der Waals surface area contributed by atoms with Gasteiger partial charge in [-0.1, -0.05) is 24.3 Å². The third-order valence-corrected chi connectivity index (χ3v) is 2.72. The fourth-order valence-corrected chi connectivity index (χ4v) is 1.62. The van der Waals surface area contributed by atoms with Crippen molar-refractivity contribution in [1.29, 1.82) is 0 Å². The lowest BCUT2D eigenvalue weighted by molar-refractivity contribution is 0.867. The van der Waals surface area contributed by atoms with Crippen molar-refractivity contribution >= 4 is 22.6 Å². The van der Waals surface area contributed by atoms with Crippen molar-refractivity contribution in [3.8, 4) is 0 Å².